The molecule has 0 spiro atoms. The highest BCUT2D eigenvalue weighted by molar-refractivity contribution is 6.05. The number of fused-ring (bicyclic) bond motifs is 1. The van der Waals surface area contributed by atoms with Crippen LogP contribution in [0.15, 0.2) is 41.9 Å². The highest BCUT2D eigenvalue weighted by Gasteiger charge is 2.32. The number of benzene rings is 1. The van der Waals surface area contributed by atoms with Gasteiger partial charge in [-0.1, -0.05) is 0 Å². The van der Waals surface area contributed by atoms with E-state index in [0.29, 0.717) is 17.2 Å². The molecule has 1 unspecified atom stereocenters. The summed E-state index contributed by atoms with van der Waals surface area (Å²) in [7, 11) is 1.79. The number of aromatic nitrogens is 3. The fraction of sp³-hybridized carbons (Fsp3) is 0.353. The quantitative estimate of drug-likeness (QED) is 0.881. The molecule has 1 N–H and O–H groups in total. The molecule has 1 aromatic heterocycles. The molecule has 0 saturated heterocycles. The van der Waals surface area contributed by atoms with Crippen molar-refractivity contribution in [2.45, 2.75) is 26.1 Å². The zero-order valence-corrected chi connectivity index (χ0v) is 14.9. The zero-order chi connectivity index (χ0) is 19.8. The molecule has 1 aliphatic heterocycles. The topological polar surface area (TPSA) is 72.3 Å². The third-order valence-electron chi connectivity index (χ3n) is 4.29. The predicted molar refractivity (Wildman–Crippen MR) is 92.5 cm³/mol. The molecule has 2 heterocycles. The van der Waals surface area contributed by atoms with E-state index in [2.05, 4.69) is 20.1 Å². The summed E-state index contributed by atoms with van der Waals surface area (Å²) in [4.78, 5) is 18.7. The summed E-state index contributed by atoms with van der Waals surface area (Å²) in [6.45, 7) is 2.30. The lowest BCUT2D eigenvalue weighted by Crippen LogP contribution is -2.34. The minimum Gasteiger partial charge on any atom is -0.484 e. The number of nitrogens with zero attached hydrogens (tertiary/aromatic N) is 4. The number of allylic oxidation sites excluding steroid dienone is 1. The van der Waals surface area contributed by atoms with Gasteiger partial charge in [-0.2, -0.15) is 23.3 Å². The summed E-state index contributed by atoms with van der Waals surface area (Å²) in [6, 6.07) is 5.39. The summed E-state index contributed by atoms with van der Waals surface area (Å²) >= 11 is 0. The molecule has 10 heteroatoms. The summed E-state index contributed by atoms with van der Waals surface area (Å²) in [5.41, 5.74) is 1.71. The minimum absolute atomic E-state index is 0.0683. The Labute approximate surface area is 153 Å². The van der Waals surface area contributed by atoms with Gasteiger partial charge in [0.05, 0.1) is 11.6 Å². The van der Waals surface area contributed by atoms with Gasteiger partial charge in [0.2, 0.25) is 5.95 Å². The molecule has 0 aliphatic carbocycles. The second kappa shape index (κ2) is 6.93. The van der Waals surface area contributed by atoms with Crippen molar-refractivity contribution in [1.29, 1.82) is 0 Å². The van der Waals surface area contributed by atoms with Crippen molar-refractivity contribution in [3.63, 3.8) is 0 Å². The Hall–Kier alpha value is -3.04. The number of hydrogen-bond donors (Lipinski definition) is 1. The van der Waals surface area contributed by atoms with Gasteiger partial charge >= 0.3 is 6.18 Å². The number of hydrogen-bond acceptors (Lipinski definition) is 5. The average molecular weight is 381 g/mol. The second-order valence-corrected chi connectivity index (χ2v) is 6.12. The Balaban J connectivity index is 1.72. The molecule has 7 nitrogen and oxygen atoms in total. The van der Waals surface area contributed by atoms with Gasteiger partial charge < -0.3 is 15.0 Å². The lowest BCUT2D eigenvalue weighted by molar-refractivity contribution is -0.153. The first kappa shape index (κ1) is 18.7. The van der Waals surface area contributed by atoms with Gasteiger partial charge in [0.1, 0.15) is 12.1 Å². The van der Waals surface area contributed by atoms with Crippen LogP contribution in [0.1, 0.15) is 19.9 Å². The van der Waals surface area contributed by atoms with Crippen molar-refractivity contribution in [3.05, 3.63) is 41.9 Å². The molecule has 144 valence electrons. The number of ether oxygens (including phenoxy) is 1. The van der Waals surface area contributed by atoms with Crippen molar-refractivity contribution in [1.82, 2.24) is 14.8 Å². The lowest BCUT2D eigenvalue weighted by Gasteiger charge is -2.31. The van der Waals surface area contributed by atoms with Gasteiger partial charge in [-0.3, -0.25) is 4.79 Å². The Morgan fingerprint density at radius 2 is 1.96 bits per heavy atom. The minimum atomic E-state index is -4.40. The normalized spacial score (nSPS) is 17.0. The van der Waals surface area contributed by atoms with Crippen LogP contribution in [-0.2, 0) is 4.79 Å². The number of amides is 1. The van der Waals surface area contributed by atoms with E-state index in [9.17, 15) is 18.0 Å². The molecule has 1 aromatic carbocycles. The Bertz CT molecular complexity index is 873. The van der Waals surface area contributed by atoms with Crippen molar-refractivity contribution < 1.29 is 22.7 Å². The molecule has 3 rings (SSSR count). The number of halogens is 3. The molecule has 0 radical (unpaired) electrons. The van der Waals surface area contributed by atoms with Crippen LogP contribution in [-0.4, -0.2) is 40.5 Å². The third-order valence-corrected chi connectivity index (χ3v) is 4.29. The molecule has 1 amide bonds. The van der Waals surface area contributed by atoms with Crippen LogP contribution >= 0.6 is 0 Å². The third kappa shape index (κ3) is 3.88. The highest BCUT2D eigenvalue weighted by atomic mass is 19.4. The van der Waals surface area contributed by atoms with Crippen LogP contribution in [0.5, 0.6) is 5.75 Å². The predicted octanol–water partition coefficient (Wildman–Crippen LogP) is 3.14. The van der Waals surface area contributed by atoms with Crippen LogP contribution in [0.25, 0.3) is 0 Å². The molecular formula is C17H18F3N5O2. The maximum atomic E-state index is 12.8. The van der Waals surface area contributed by atoms with Crippen LogP contribution in [0.2, 0.25) is 0 Å². The van der Waals surface area contributed by atoms with Crippen molar-refractivity contribution >= 4 is 17.5 Å². The van der Waals surface area contributed by atoms with Gasteiger partial charge in [-0.25, -0.2) is 4.68 Å². The van der Waals surface area contributed by atoms with Gasteiger partial charge in [0.15, 0.2) is 6.61 Å². The molecule has 0 fully saturated rings. The zero-order valence-electron chi connectivity index (χ0n) is 14.9. The van der Waals surface area contributed by atoms with E-state index in [1.165, 1.54) is 30.6 Å². The summed E-state index contributed by atoms with van der Waals surface area (Å²) in [5.74, 6) is 0.387. The highest BCUT2D eigenvalue weighted by Crippen LogP contribution is 2.33. The lowest BCUT2D eigenvalue weighted by atomic mass is 10.0. The number of alkyl halides is 3. The first-order valence-corrected chi connectivity index (χ1v) is 8.12. The van der Waals surface area contributed by atoms with Gasteiger partial charge in [-0.05, 0) is 38.1 Å². The molecule has 0 bridgehead atoms. The average Bonchev–Trinajstić information content (AvgIpc) is 3.09. The molecule has 27 heavy (non-hydrogen) atoms. The van der Waals surface area contributed by atoms with E-state index in [0.717, 1.165) is 5.70 Å². The number of rotatable bonds is 4. The van der Waals surface area contributed by atoms with Gasteiger partial charge in [0, 0.05) is 18.4 Å². The van der Waals surface area contributed by atoms with E-state index in [-0.39, 0.29) is 17.7 Å². The summed E-state index contributed by atoms with van der Waals surface area (Å²) in [5, 5.41) is 6.91. The smallest absolute Gasteiger partial charge is 0.422 e. The van der Waals surface area contributed by atoms with Crippen LogP contribution in [0.3, 0.4) is 0 Å². The monoisotopic (exact) mass is 381 g/mol. The standard InChI is InChI=1S/C17H18F3N5O2/c1-10-14(11(2)25-16(24(10)3)21-9-22-25)15(26)23-12-4-6-13(7-5-12)27-8-17(18,19)20/h4-7,9,11H,8H2,1-3H3,(H,23,26). The van der Waals surface area contributed by atoms with Crippen LogP contribution in [0.4, 0.5) is 24.8 Å². The number of carbonyl (C=O) groups excluding carboxylic acids is 1. The second-order valence-electron chi connectivity index (χ2n) is 6.12. The van der Waals surface area contributed by atoms with Crippen LogP contribution in [0, 0.1) is 0 Å². The Morgan fingerprint density at radius 1 is 1.30 bits per heavy atom. The van der Waals surface area contributed by atoms with Crippen molar-refractivity contribution in [2.75, 3.05) is 23.9 Å². The maximum absolute atomic E-state index is 12.8. The molecule has 1 atom stereocenters. The molecule has 1 aliphatic rings. The maximum Gasteiger partial charge on any atom is 0.422 e. The number of nitrogens with one attached hydrogen (secondary N) is 1. The fourth-order valence-corrected chi connectivity index (χ4v) is 2.86. The van der Waals surface area contributed by atoms with E-state index in [1.807, 2.05) is 13.8 Å². The van der Waals surface area contributed by atoms with E-state index < -0.39 is 12.8 Å². The first-order chi connectivity index (χ1) is 12.7. The molecule has 0 saturated carbocycles. The largest absolute Gasteiger partial charge is 0.484 e. The fourth-order valence-electron chi connectivity index (χ4n) is 2.86. The summed E-state index contributed by atoms with van der Waals surface area (Å²) in [6.07, 6.45) is -2.98. The van der Waals surface area contributed by atoms with Gasteiger partial charge in [0.25, 0.3) is 5.91 Å². The first-order valence-electron chi connectivity index (χ1n) is 8.12. The SMILES string of the molecule is CC1=C(C(=O)Nc2ccc(OCC(F)(F)F)cc2)C(C)n2ncnc2N1C. The number of carbonyl (C=O) groups is 1. The van der Waals surface area contributed by atoms with Gasteiger partial charge in [-0.15, -0.1) is 0 Å². The van der Waals surface area contributed by atoms with Crippen LogP contribution < -0.4 is 15.0 Å². The summed E-state index contributed by atoms with van der Waals surface area (Å²) < 4.78 is 42.9. The number of anilines is 2. The Kier molecular flexibility index (Phi) is 4.81. The van der Waals surface area contributed by atoms with E-state index in [1.54, 1.807) is 16.6 Å². The van der Waals surface area contributed by atoms with E-state index >= 15 is 0 Å². The van der Waals surface area contributed by atoms with E-state index in [4.69, 9.17) is 0 Å². The van der Waals surface area contributed by atoms with Crippen molar-refractivity contribution in [2.24, 2.45) is 0 Å². The Morgan fingerprint density at radius 3 is 2.59 bits per heavy atom. The molecule has 2 aromatic rings. The molecular weight excluding hydrogens is 363 g/mol. The van der Waals surface area contributed by atoms with Crippen molar-refractivity contribution in [3.8, 4) is 5.75 Å².